The average Bonchev–Trinajstić information content (AvgIpc) is 2.17. The maximum atomic E-state index is 5.30. The summed E-state index contributed by atoms with van der Waals surface area (Å²) >= 11 is 0. The molecule has 0 radical (unpaired) electrons. The molecule has 0 aliphatic carbocycles. The molecule has 0 saturated carbocycles. The molecule has 1 atom stereocenters. The van der Waals surface area contributed by atoms with Crippen LogP contribution in [0.5, 0.6) is 5.75 Å². The minimum Gasteiger partial charge on any atom is -0.496 e. The van der Waals surface area contributed by atoms with Crippen LogP contribution in [0.15, 0.2) is 18.2 Å². The number of ether oxygens (including phenoxy) is 1. The summed E-state index contributed by atoms with van der Waals surface area (Å²) in [5.74, 6) is 6.19. The lowest BCUT2D eigenvalue weighted by Crippen LogP contribution is -2.09. The van der Waals surface area contributed by atoms with E-state index in [9.17, 15) is 0 Å². The zero-order chi connectivity index (χ0) is 10.6. The van der Waals surface area contributed by atoms with Crippen LogP contribution in [-0.2, 0) is 4.84 Å². The average molecular weight is 195 g/mol. The summed E-state index contributed by atoms with van der Waals surface area (Å²) in [4.78, 5) is 4.63. The maximum absolute atomic E-state index is 5.30. The summed E-state index contributed by atoms with van der Waals surface area (Å²) in [5, 5.41) is 0. The second-order valence-electron chi connectivity index (χ2n) is 3.48. The van der Waals surface area contributed by atoms with Crippen LogP contribution in [0.25, 0.3) is 0 Å². The molecule has 0 bridgehead atoms. The van der Waals surface area contributed by atoms with Crippen molar-refractivity contribution in [3.8, 4) is 5.75 Å². The number of methoxy groups -OCH3 is 1. The van der Waals surface area contributed by atoms with Gasteiger partial charge in [0.1, 0.15) is 5.75 Å². The van der Waals surface area contributed by atoms with Crippen molar-refractivity contribution in [2.45, 2.75) is 19.8 Å². The van der Waals surface area contributed by atoms with E-state index in [-0.39, 0.29) is 5.92 Å². The molecule has 0 fully saturated rings. The molecule has 2 N–H and O–H groups in total. The van der Waals surface area contributed by atoms with Crippen LogP contribution >= 0.6 is 0 Å². The molecule has 0 aliphatic rings. The number of hydrogen-bond donors (Lipinski definition) is 1. The van der Waals surface area contributed by atoms with Crippen LogP contribution in [0.1, 0.15) is 24.0 Å². The molecule has 0 saturated heterocycles. The lowest BCUT2D eigenvalue weighted by molar-refractivity contribution is 0.126. The highest BCUT2D eigenvalue weighted by molar-refractivity contribution is 5.39. The third-order valence-electron chi connectivity index (χ3n) is 2.27. The molecule has 0 aliphatic heterocycles. The van der Waals surface area contributed by atoms with Crippen molar-refractivity contribution in [3.05, 3.63) is 29.3 Å². The summed E-state index contributed by atoms with van der Waals surface area (Å²) in [6.07, 6.45) is 0. The highest BCUT2D eigenvalue weighted by Gasteiger charge is 2.11. The van der Waals surface area contributed by atoms with E-state index in [0.29, 0.717) is 6.61 Å². The van der Waals surface area contributed by atoms with Gasteiger partial charge in [-0.2, -0.15) is 0 Å². The van der Waals surface area contributed by atoms with E-state index in [4.69, 9.17) is 10.6 Å². The molecule has 0 heterocycles. The molecule has 0 amide bonds. The van der Waals surface area contributed by atoms with Crippen molar-refractivity contribution in [1.82, 2.24) is 0 Å². The zero-order valence-corrected chi connectivity index (χ0v) is 8.91. The molecular formula is C11H17NO2. The third-order valence-corrected chi connectivity index (χ3v) is 2.27. The van der Waals surface area contributed by atoms with Gasteiger partial charge in [-0.1, -0.05) is 19.1 Å². The molecule has 1 aromatic carbocycles. The minimum absolute atomic E-state index is 0.246. The summed E-state index contributed by atoms with van der Waals surface area (Å²) in [5.41, 5.74) is 2.31. The first-order valence-corrected chi connectivity index (χ1v) is 4.65. The van der Waals surface area contributed by atoms with E-state index in [1.807, 2.05) is 13.0 Å². The maximum Gasteiger partial charge on any atom is 0.122 e. The fourth-order valence-corrected chi connectivity index (χ4v) is 1.46. The van der Waals surface area contributed by atoms with E-state index >= 15 is 0 Å². The largest absolute Gasteiger partial charge is 0.496 e. The van der Waals surface area contributed by atoms with Crippen LogP contribution < -0.4 is 10.6 Å². The van der Waals surface area contributed by atoms with Gasteiger partial charge in [-0.05, 0) is 24.1 Å². The van der Waals surface area contributed by atoms with Crippen LogP contribution in [0, 0.1) is 6.92 Å². The van der Waals surface area contributed by atoms with Crippen molar-refractivity contribution in [1.29, 1.82) is 0 Å². The highest BCUT2D eigenvalue weighted by atomic mass is 16.6. The number of nitrogens with two attached hydrogens (primary N) is 1. The van der Waals surface area contributed by atoms with Gasteiger partial charge in [-0.25, -0.2) is 5.90 Å². The van der Waals surface area contributed by atoms with Gasteiger partial charge in [0.15, 0.2) is 0 Å². The van der Waals surface area contributed by atoms with Crippen LogP contribution in [-0.4, -0.2) is 13.7 Å². The molecule has 1 aromatic rings. The van der Waals surface area contributed by atoms with Crippen molar-refractivity contribution in [2.24, 2.45) is 5.90 Å². The Hall–Kier alpha value is -1.06. The first-order chi connectivity index (χ1) is 6.69. The van der Waals surface area contributed by atoms with Crippen molar-refractivity contribution in [2.75, 3.05) is 13.7 Å². The third kappa shape index (κ3) is 2.47. The zero-order valence-electron chi connectivity index (χ0n) is 8.91. The molecule has 1 unspecified atom stereocenters. The van der Waals surface area contributed by atoms with Crippen LogP contribution in [0.4, 0.5) is 0 Å². The van der Waals surface area contributed by atoms with Gasteiger partial charge in [0.25, 0.3) is 0 Å². The van der Waals surface area contributed by atoms with Gasteiger partial charge in [0.2, 0.25) is 0 Å². The Morgan fingerprint density at radius 1 is 1.43 bits per heavy atom. The van der Waals surface area contributed by atoms with Crippen LogP contribution in [0.2, 0.25) is 0 Å². The predicted octanol–water partition coefficient (Wildman–Crippen LogP) is 2.00. The number of hydrogen-bond acceptors (Lipinski definition) is 3. The smallest absolute Gasteiger partial charge is 0.122 e. The van der Waals surface area contributed by atoms with E-state index in [1.54, 1.807) is 7.11 Å². The quantitative estimate of drug-likeness (QED) is 0.747. The van der Waals surface area contributed by atoms with Crippen LogP contribution in [0.3, 0.4) is 0 Å². The first-order valence-electron chi connectivity index (χ1n) is 4.65. The van der Waals surface area contributed by atoms with E-state index in [1.165, 1.54) is 5.56 Å². The summed E-state index contributed by atoms with van der Waals surface area (Å²) in [6.45, 7) is 4.59. The Morgan fingerprint density at radius 2 is 2.14 bits per heavy atom. The highest BCUT2D eigenvalue weighted by Crippen LogP contribution is 2.27. The lowest BCUT2D eigenvalue weighted by Gasteiger charge is -2.14. The van der Waals surface area contributed by atoms with Gasteiger partial charge < -0.3 is 9.57 Å². The fraction of sp³-hybridized carbons (Fsp3) is 0.455. The Morgan fingerprint density at radius 3 is 2.71 bits per heavy atom. The Balaban J connectivity index is 2.95. The van der Waals surface area contributed by atoms with Crippen molar-refractivity contribution in [3.63, 3.8) is 0 Å². The molecule has 3 nitrogen and oxygen atoms in total. The predicted molar refractivity (Wildman–Crippen MR) is 56.3 cm³/mol. The number of aryl methyl sites for hydroxylation is 1. The first kappa shape index (κ1) is 11.0. The molecule has 14 heavy (non-hydrogen) atoms. The summed E-state index contributed by atoms with van der Waals surface area (Å²) in [6, 6.07) is 6.13. The molecule has 78 valence electrons. The standard InChI is InChI=1S/C11H17NO2/c1-8-4-5-10(9(2)7-14-12)11(6-8)13-3/h4-6,9H,7,12H2,1-3H3. The van der Waals surface area contributed by atoms with Gasteiger partial charge in [0, 0.05) is 5.92 Å². The number of rotatable bonds is 4. The van der Waals surface area contributed by atoms with E-state index in [2.05, 4.69) is 23.9 Å². The lowest BCUT2D eigenvalue weighted by atomic mass is 9.99. The second kappa shape index (κ2) is 4.98. The molecule has 1 rings (SSSR count). The fourth-order valence-electron chi connectivity index (χ4n) is 1.46. The van der Waals surface area contributed by atoms with Gasteiger partial charge in [-0.15, -0.1) is 0 Å². The molecule has 0 aromatic heterocycles. The van der Waals surface area contributed by atoms with E-state index in [0.717, 1.165) is 11.3 Å². The Labute approximate surface area is 84.8 Å². The van der Waals surface area contributed by atoms with Crippen molar-refractivity contribution < 1.29 is 9.57 Å². The minimum atomic E-state index is 0.246. The SMILES string of the molecule is COc1cc(C)ccc1C(C)CON. The monoisotopic (exact) mass is 195 g/mol. The van der Waals surface area contributed by atoms with Gasteiger partial charge >= 0.3 is 0 Å². The summed E-state index contributed by atoms with van der Waals surface area (Å²) < 4.78 is 5.30. The second-order valence-corrected chi connectivity index (χ2v) is 3.48. The topological polar surface area (TPSA) is 44.5 Å². The number of benzene rings is 1. The van der Waals surface area contributed by atoms with Crippen molar-refractivity contribution >= 4 is 0 Å². The summed E-state index contributed by atoms with van der Waals surface area (Å²) in [7, 11) is 1.67. The Bertz CT molecular complexity index is 299. The Kier molecular flexibility index (Phi) is 3.92. The van der Waals surface area contributed by atoms with Gasteiger partial charge in [-0.3, -0.25) is 0 Å². The van der Waals surface area contributed by atoms with E-state index < -0.39 is 0 Å². The van der Waals surface area contributed by atoms with Gasteiger partial charge in [0.05, 0.1) is 13.7 Å². The molecule has 0 spiro atoms. The molecule has 3 heteroatoms. The normalized spacial score (nSPS) is 12.6. The molecular weight excluding hydrogens is 178 g/mol.